The summed E-state index contributed by atoms with van der Waals surface area (Å²) < 4.78 is 19.2. The van der Waals surface area contributed by atoms with E-state index in [2.05, 4.69) is 15.4 Å². The van der Waals surface area contributed by atoms with Gasteiger partial charge in [-0.15, -0.1) is 0 Å². The molecule has 0 saturated carbocycles. The van der Waals surface area contributed by atoms with Crippen molar-refractivity contribution < 1.29 is 9.13 Å². The molecule has 6 heteroatoms. The first-order valence-electron chi connectivity index (χ1n) is 6.41. The summed E-state index contributed by atoms with van der Waals surface area (Å²) in [5, 5.41) is 0. The average Bonchev–Trinajstić information content (AvgIpc) is 2.43. The van der Waals surface area contributed by atoms with Crippen LogP contribution in [0.3, 0.4) is 0 Å². The molecule has 0 aliphatic rings. The monoisotopic (exact) mass is 276 g/mol. The lowest BCUT2D eigenvalue weighted by molar-refractivity contribution is 0.424. The summed E-state index contributed by atoms with van der Waals surface area (Å²) in [5.41, 5.74) is 3.36. The maximum atomic E-state index is 13.7. The van der Waals surface area contributed by atoms with Crippen LogP contribution in [0, 0.1) is 12.7 Å². The fourth-order valence-corrected chi connectivity index (χ4v) is 1.74. The number of nitrogens with two attached hydrogens (primary N) is 1. The SMILES string of the molecule is CCCc1nc(NN)cc(Oc2cc(C)ccc2F)n1. The van der Waals surface area contributed by atoms with E-state index in [0.717, 1.165) is 12.0 Å². The molecule has 0 aliphatic heterocycles. The molecule has 0 aliphatic carbocycles. The molecule has 0 saturated heterocycles. The van der Waals surface area contributed by atoms with E-state index in [4.69, 9.17) is 10.6 Å². The Hall–Kier alpha value is -2.21. The minimum absolute atomic E-state index is 0.133. The van der Waals surface area contributed by atoms with E-state index >= 15 is 0 Å². The maximum absolute atomic E-state index is 13.7. The second-order valence-electron chi connectivity index (χ2n) is 4.44. The van der Waals surface area contributed by atoms with Gasteiger partial charge in [0.1, 0.15) is 11.6 Å². The smallest absolute Gasteiger partial charge is 0.224 e. The highest BCUT2D eigenvalue weighted by molar-refractivity contribution is 5.39. The Morgan fingerprint density at radius 1 is 1.30 bits per heavy atom. The van der Waals surface area contributed by atoms with Crippen molar-refractivity contribution in [3.8, 4) is 11.6 Å². The molecule has 106 valence electrons. The third-order valence-electron chi connectivity index (χ3n) is 2.67. The molecule has 0 amide bonds. The van der Waals surface area contributed by atoms with Gasteiger partial charge in [0.05, 0.1) is 0 Å². The van der Waals surface area contributed by atoms with Crippen LogP contribution in [0.15, 0.2) is 24.3 Å². The summed E-state index contributed by atoms with van der Waals surface area (Å²) in [6.07, 6.45) is 1.59. The van der Waals surface area contributed by atoms with Crippen molar-refractivity contribution in [3.05, 3.63) is 41.5 Å². The van der Waals surface area contributed by atoms with Crippen LogP contribution in [-0.4, -0.2) is 9.97 Å². The predicted octanol–water partition coefficient (Wildman–Crippen LogP) is 2.95. The number of rotatable bonds is 5. The Labute approximate surface area is 117 Å². The number of nitrogen functional groups attached to an aromatic ring is 1. The summed E-state index contributed by atoms with van der Waals surface area (Å²) in [4.78, 5) is 8.44. The molecule has 0 spiro atoms. The number of aryl methyl sites for hydroxylation is 2. The van der Waals surface area contributed by atoms with Gasteiger partial charge in [0.15, 0.2) is 11.6 Å². The number of nitrogens with one attached hydrogen (secondary N) is 1. The standard InChI is InChI=1S/C14H17FN4O/c1-3-4-12-17-13(19-16)8-14(18-12)20-11-7-9(2)5-6-10(11)15/h5-8H,3-4,16H2,1-2H3,(H,17,18,19). The molecular formula is C14H17FN4O. The maximum Gasteiger partial charge on any atom is 0.224 e. The zero-order chi connectivity index (χ0) is 14.5. The molecule has 0 radical (unpaired) electrons. The van der Waals surface area contributed by atoms with Gasteiger partial charge in [-0.25, -0.2) is 15.2 Å². The number of anilines is 1. The van der Waals surface area contributed by atoms with Crippen molar-refractivity contribution in [2.24, 2.45) is 5.84 Å². The second-order valence-corrected chi connectivity index (χ2v) is 4.44. The highest BCUT2D eigenvalue weighted by atomic mass is 19.1. The van der Waals surface area contributed by atoms with E-state index in [1.54, 1.807) is 12.1 Å². The highest BCUT2D eigenvalue weighted by Crippen LogP contribution is 2.25. The minimum atomic E-state index is -0.437. The zero-order valence-electron chi connectivity index (χ0n) is 11.5. The molecule has 1 aromatic carbocycles. The van der Waals surface area contributed by atoms with Gasteiger partial charge in [-0.2, -0.15) is 4.98 Å². The number of nitrogens with zero attached hydrogens (tertiary/aromatic N) is 2. The first-order chi connectivity index (χ1) is 9.62. The third kappa shape index (κ3) is 3.42. The number of benzene rings is 1. The fraction of sp³-hybridized carbons (Fsp3) is 0.286. The summed E-state index contributed by atoms with van der Waals surface area (Å²) in [5.74, 6) is 6.36. The van der Waals surface area contributed by atoms with Gasteiger partial charge < -0.3 is 10.2 Å². The van der Waals surface area contributed by atoms with Crippen LogP contribution in [0.2, 0.25) is 0 Å². The quantitative estimate of drug-likeness (QED) is 0.649. The van der Waals surface area contributed by atoms with Crippen LogP contribution in [0.25, 0.3) is 0 Å². The van der Waals surface area contributed by atoms with Crippen LogP contribution in [0.1, 0.15) is 24.7 Å². The molecule has 0 fully saturated rings. The molecule has 2 aromatic rings. The molecule has 0 unspecified atom stereocenters. The number of halogens is 1. The van der Waals surface area contributed by atoms with Crippen LogP contribution in [0.4, 0.5) is 10.2 Å². The molecule has 2 rings (SSSR count). The van der Waals surface area contributed by atoms with Gasteiger partial charge in [0, 0.05) is 12.5 Å². The summed E-state index contributed by atoms with van der Waals surface area (Å²) in [6, 6.07) is 6.19. The average molecular weight is 276 g/mol. The van der Waals surface area contributed by atoms with Gasteiger partial charge in [-0.1, -0.05) is 13.0 Å². The van der Waals surface area contributed by atoms with Crippen LogP contribution in [0.5, 0.6) is 11.6 Å². The fourth-order valence-electron chi connectivity index (χ4n) is 1.74. The van der Waals surface area contributed by atoms with E-state index in [-0.39, 0.29) is 11.6 Å². The molecule has 1 aromatic heterocycles. The van der Waals surface area contributed by atoms with Gasteiger partial charge in [-0.05, 0) is 31.0 Å². The normalized spacial score (nSPS) is 10.4. The Morgan fingerprint density at radius 2 is 2.10 bits per heavy atom. The number of ether oxygens (including phenoxy) is 1. The molecule has 3 N–H and O–H groups in total. The first kappa shape index (κ1) is 14.2. The third-order valence-corrected chi connectivity index (χ3v) is 2.67. The topological polar surface area (TPSA) is 73.1 Å². The van der Waals surface area contributed by atoms with E-state index in [9.17, 15) is 4.39 Å². The minimum Gasteiger partial charge on any atom is -0.436 e. The van der Waals surface area contributed by atoms with E-state index in [0.29, 0.717) is 18.1 Å². The Kier molecular flexibility index (Phi) is 4.47. The van der Waals surface area contributed by atoms with Crippen molar-refractivity contribution in [1.29, 1.82) is 0 Å². The summed E-state index contributed by atoms with van der Waals surface area (Å²) in [6.45, 7) is 3.88. The van der Waals surface area contributed by atoms with Crippen molar-refractivity contribution in [3.63, 3.8) is 0 Å². The lowest BCUT2D eigenvalue weighted by Crippen LogP contribution is -2.11. The molecule has 1 heterocycles. The Morgan fingerprint density at radius 3 is 2.80 bits per heavy atom. The lowest BCUT2D eigenvalue weighted by atomic mass is 10.2. The first-order valence-corrected chi connectivity index (χ1v) is 6.41. The number of hydrogen-bond acceptors (Lipinski definition) is 5. The molecular weight excluding hydrogens is 259 g/mol. The molecule has 0 atom stereocenters. The van der Waals surface area contributed by atoms with E-state index in [1.165, 1.54) is 12.1 Å². The van der Waals surface area contributed by atoms with Crippen LogP contribution < -0.4 is 16.0 Å². The van der Waals surface area contributed by atoms with Crippen molar-refractivity contribution in [2.75, 3.05) is 5.43 Å². The highest BCUT2D eigenvalue weighted by Gasteiger charge is 2.09. The van der Waals surface area contributed by atoms with Crippen LogP contribution >= 0.6 is 0 Å². The lowest BCUT2D eigenvalue weighted by Gasteiger charge is -2.09. The van der Waals surface area contributed by atoms with E-state index in [1.807, 2.05) is 13.8 Å². The number of hydrogen-bond donors (Lipinski definition) is 2. The number of hydrazine groups is 1. The van der Waals surface area contributed by atoms with Gasteiger partial charge in [-0.3, -0.25) is 0 Å². The second kappa shape index (κ2) is 6.29. The zero-order valence-corrected chi connectivity index (χ0v) is 11.5. The van der Waals surface area contributed by atoms with Gasteiger partial charge in [0.2, 0.25) is 5.88 Å². The summed E-state index contributed by atoms with van der Waals surface area (Å²) >= 11 is 0. The van der Waals surface area contributed by atoms with Gasteiger partial charge in [0.25, 0.3) is 0 Å². The largest absolute Gasteiger partial charge is 0.436 e. The molecule has 5 nitrogen and oxygen atoms in total. The molecule has 20 heavy (non-hydrogen) atoms. The summed E-state index contributed by atoms with van der Waals surface area (Å²) in [7, 11) is 0. The Balaban J connectivity index is 2.32. The number of aromatic nitrogens is 2. The van der Waals surface area contributed by atoms with Crippen molar-refractivity contribution >= 4 is 5.82 Å². The van der Waals surface area contributed by atoms with Crippen molar-refractivity contribution in [2.45, 2.75) is 26.7 Å². The van der Waals surface area contributed by atoms with Crippen LogP contribution in [-0.2, 0) is 6.42 Å². The van der Waals surface area contributed by atoms with E-state index < -0.39 is 5.82 Å². The van der Waals surface area contributed by atoms with Crippen molar-refractivity contribution in [1.82, 2.24) is 9.97 Å². The molecule has 0 bridgehead atoms. The Bertz CT molecular complexity index is 604. The predicted molar refractivity (Wildman–Crippen MR) is 75.0 cm³/mol. The van der Waals surface area contributed by atoms with Gasteiger partial charge >= 0.3 is 0 Å².